The quantitative estimate of drug-likeness (QED) is 0.139. The SMILES string of the molecule is C=N/C=C(\C=C/C)c1cc(-c2cccnc2)cc(-c2ccc3c(c2)-c2ccc(-c4ccc5c(c4)oc4ccccc45)cc2COC3)c1. The zero-order valence-corrected chi connectivity index (χ0v) is 26.1. The highest BCUT2D eigenvalue weighted by molar-refractivity contribution is 6.06. The summed E-state index contributed by atoms with van der Waals surface area (Å²) < 4.78 is 12.4. The molecule has 2 aromatic heterocycles. The van der Waals surface area contributed by atoms with Crippen molar-refractivity contribution < 1.29 is 9.15 Å². The second kappa shape index (κ2) is 12.2. The van der Waals surface area contributed by atoms with Gasteiger partial charge in [-0.15, -0.1) is 0 Å². The molecule has 5 aromatic carbocycles. The Balaban J connectivity index is 1.22. The minimum Gasteiger partial charge on any atom is -0.456 e. The topological polar surface area (TPSA) is 47.6 Å². The Labute approximate surface area is 274 Å². The van der Waals surface area contributed by atoms with Crippen LogP contribution in [0.15, 0.2) is 149 Å². The van der Waals surface area contributed by atoms with Crippen molar-refractivity contribution >= 4 is 34.2 Å². The van der Waals surface area contributed by atoms with Gasteiger partial charge in [0, 0.05) is 34.9 Å². The van der Waals surface area contributed by atoms with Crippen molar-refractivity contribution in [1.29, 1.82) is 0 Å². The molecule has 0 unspecified atom stereocenters. The summed E-state index contributed by atoms with van der Waals surface area (Å²) in [4.78, 5) is 8.47. The number of allylic oxidation sites excluding steroid dienone is 3. The zero-order chi connectivity index (χ0) is 31.7. The monoisotopic (exact) mass is 608 g/mol. The van der Waals surface area contributed by atoms with Gasteiger partial charge in [0.2, 0.25) is 0 Å². The molecule has 4 heteroatoms. The molecule has 0 saturated carbocycles. The number of rotatable bonds is 6. The van der Waals surface area contributed by atoms with E-state index in [-0.39, 0.29) is 0 Å². The molecule has 8 rings (SSSR count). The Morgan fingerprint density at radius 1 is 0.681 bits per heavy atom. The molecule has 0 fully saturated rings. The van der Waals surface area contributed by atoms with Crippen molar-refractivity contribution in [3.05, 3.63) is 157 Å². The van der Waals surface area contributed by atoms with E-state index < -0.39 is 0 Å². The Morgan fingerprint density at radius 3 is 2.30 bits per heavy atom. The molecule has 0 aliphatic carbocycles. The molecule has 47 heavy (non-hydrogen) atoms. The number of ether oxygens (including phenoxy) is 1. The third kappa shape index (κ3) is 5.39. The number of furan rings is 1. The summed E-state index contributed by atoms with van der Waals surface area (Å²) in [5.41, 5.74) is 15.3. The van der Waals surface area contributed by atoms with E-state index in [1.54, 1.807) is 12.4 Å². The number of hydrogen-bond acceptors (Lipinski definition) is 4. The van der Waals surface area contributed by atoms with Crippen molar-refractivity contribution in [1.82, 2.24) is 4.98 Å². The number of para-hydroxylation sites is 1. The Bertz CT molecular complexity index is 2360. The summed E-state index contributed by atoms with van der Waals surface area (Å²) in [6.45, 7) is 6.83. The van der Waals surface area contributed by atoms with Gasteiger partial charge in [0.25, 0.3) is 0 Å². The summed E-state index contributed by atoms with van der Waals surface area (Å²) in [6, 6.07) is 38.8. The van der Waals surface area contributed by atoms with Crippen LogP contribution in [0, 0.1) is 0 Å². The van der Waals surface area contributed by atoms with Crippen molar-refractivity contribution in [3.8, 4) is 44.5 Å². The molecule has 3 heterocycles. The van der Waals surface area contributed by atoms with E-state index in [0.717, 1.165) is 66.5 Å². The molecule has 0 bridgehead atoms. The molecule has 0 radical (unpaired) electrons. The number of aliphatic imine (C=N–C) groups is 1. The van der Waals surface area contributed by atoms with Gasteiger partial charge in [-0.05, 0) is 129 Å². The summed E-state index contributed by atoms with van der Waals surface area (Å²) in [7, 11) is 0. The molecule has 0 atom stereocenters. The van der Waals surface area contributed by atoms with Gasteiger partial charge in [-0.3, -0.25) is 9.98 Å². The fourth-order valence-corrected chi connectivity index (χ4v) is 6.62. The maximum atomic E-state index is 6.22. The zero-order valence-electron chi connectivity index (χ0n) is 26.1. The van der Waals surface area contributed by atoms with Crippen molar-refractivity contribution in [2.24, 2.45) is 4.99 Å². The van der Waals surface area contributed by atoms with E-state index in [0.29, 0.717) is 13.2 Å². The lowest BCUT2D eigenvalue weighted by Crippen LogP contribution is -1.92. The van der Waals surface area contributed by atoms with E-state index >= 15 is 0 Å². The predicted octanol–water partition coefficient (Wildman–Crippen LogP) is 11.3. The average Bonchev–Trinajstić information content (AvgIpc) is 3.39. The lowest BCUT2D eigenvalue weighted by molar-refractivity contribution is 0.110. The van der Waals surface area contributed by atoms with E-state index in [1.165, 1.54) is 22.3 Å². The summed E-state index contributed by atoms with van der Waals surface area (Å²) >= 11 is 0. The van der Waals surface area contributed by atoms with Gasteiger partial charge in [-0.25, -0.2) is 0 Å². The number of fused-ring (bicyclic) bond motifs is 6. The average molecular weight is 609 g/mol. The number of benzene rings is 5. The third-order valence-electron chi connectivity index (χ3n) is 8.90. The Hall–Kier alpha value is -5.84. The van der Waals surface area contributed by atoms with E-state index in [9.17, 15) is 0 Å². The summed E-state index contributed by atoms with van der Waals surface area (Å²) in [5, 5.41) is 2.27. The van der Waals surface area contributed by atoms with E-state index in [1.807, 2.05) is 37.4 Å². The van der Waals surface area contributed by atoms with Gasteiger partial charge < -0.3 is 9.15 Å². The van der Waals surface area contributed by atoms with Crippen LogP contribution in [0.25, 0.3) is 72.0 Å². The first kappa shape index (κ1) is 28.6. The first-order valence-electron chi connectivity index (χ1n) is 15.8. The summed E-state index contributed by atoms with van der Waals surface area (Å²) in [5.74, 6) is 0. The molecule has 0 amide bonds. The van der Waals surface area contributed by atoms with Crippen LogP contribution in [-0.4, -0.2) is 11.7 Å². The molecule has 0 spiro atoms. The third-order valence-corrected chi connectivity index (χ3v) is 8.90. The van der Waals surface area contributed by atoms with Crippen LogP contribution in [0.4, 0.5) is 0 Å². The Morgan fingerprint density at radius 2 is 1.45 bits per heavy atom. The van der Waals surface area contributed by atoms with Crippen LogP contribution < -0.4 is 0 Å². The molecule has 0 N–H and O–H groups in total. The number of aromatic nitrogens is 1. The first-order chi connectivity index (χ1) is 23.2. The van der Waals surface area contributed by atoms with Gasteiger partial charge in [0.15, 0.2) is 0 Å². The van der Waals surface area contributed by atoms with E-state index in [2.05, 4.69) is 114 Å². The highest BCUT2D eigenvalue weighted by Crippen LogP contribution is 2.39. The van der Waals surface area contributed by atoms with Crippen LogP contribution in [0.5, 0.6) is 0 Å². The lowest BCUT2D eigenvalue weighted by atomic mass is 9.89. The number of nitrogens with zero attached hydrogens (tertiary/aromatic N) is 2. The van der Waals surface area contributed by atoms with Crippen LogP contribution >= 0.6 is 0 Å². The van der Waals surface area contributed by atoms with Crippen LogP contribution in [-0.2, 0) is 18.0 Å². The second-order valence-electron chi connectivity index (χ2n) is 11.9. The molecule has 4 nitrogen and oxygen atoms in total. The largest absolute Gasteiger partial charge is 0.456 e. The van der Waals surface area contributed by atoms with Gasteiger partial charge in [0.1, 0.15) is 11.2 Å². The number of pyridine rings is 1. The van der Waals surface area contributed by atoms with E-state index in [4.69, 9.17) is 9.15 Å². The van der Waals surface area contributed by atoms with Crippen molar-refractivity contribution in [3.63, 3.8) is 0 Å². The highest BCUT2D eigenvalue weighted by atomic mass is 16.5. The second-order valence-corrected chi connectivity index (χ2v) is 11.9. The highest BCUT2D eigenvalue weighted by Gasteiger charge is 2.18. The maximum absolute atomic E-state index is 6.22. The lowest BCUT2D eigenvalue weighted by Gasteiger charge is -2.15. The normalized spacial score (nSPS) is 13.1. The fourth-order valence-electron chi connectivity index (χ4n) is 6.62. The molecule has 1 aliphatic rings. The molecular weight excluding hydrogens is 576 g/mol. The van der Waals surface area contributed by atoms with Gasteiger partial charge in [-0.2, -0.15) is 0 Å². The van der Waals surface area contributed by atoms with Crippen LogP contribution in [0.3, 0.4) is 0 Å². The van der Waals surface area contributed by atoms with Crippen molar-refractivity contribution in [2.75, 3.05) is 0 Å². The molecule has 226 valence electrons. The number of hydrogen-bond donors (Lipinski definition) is 0. The predicted molar refractivity (Wildman–Crippen MR) is 194 cm³/mol. The standard InChI is InChI=1S/C43H32N2O2/c1-3-7-31(24-44-2)35-19-34(20-36(21-35)32-8-6-17-45-25-32)29-11-12-33-26-46-27-37-18-28(13-15-38(37)41(33)22-29)30-14-16-40-39-9-4-5-10-42(39)47-43(40)23-30/h3-25H,2,26-27H2,1H3/b7-3-,31-24+. The molecular formula is C43H32N2O2. The van der Waals surface area contributed by atoms with Crippen LogP contribution in [0.2, 0.25) is 0 Å². The Kier molecular flexibility index (Phi) is 7.41. The van der Waals surface area contributed by atoms with Gasteiger partial charge in [-0.1, -0.05) is 66.7 Å². The maximum Gasteiger partial charge on any atom is 0.136 e. The van der Waals surface area contributed by atoms with Crippen LogP contribution in [0.1, 0.15) is 23.6 Å². The minimum atomic E-state index is 0.548. The fraction of sp³-hybridized carbons (Fsp3) is 0.0698. The summed E-state index contributed by atoms with van der Waals surface area (Å²) in [6.07, 6.45) is 9.60. The molecule has 7 aromatic rings. The van der Waals surface area contributed by atoms with Crippen molar-refractivity contribution in [2.45, 2.75) is 20.1 Å². The van der Waals surface area contributed by atoms with Gasteiger partial charge in [0.05, 0.1) is 13.2 Å². The van der Waals surface area contributed by atoms with Gasteiger partial charge >= 0.3 is 0 Å². The minimum absolute atomic E-state index is 0.548. The molecule has 1 aliphatic heterocycles. The smallest absolute Gasteiger partial charge is 0.136 e. The first-order valence-corrected chi connectivity index (χ1v) is 15.8. The molecule has 0 saturated heterocycles.